The summed E-state index contributed by atoms with van der Waals surface area (Å²) < 4.78 is 25.8. The fraction of sp³-hybridized carbons (Fsp3) is 0.200. The summed E-state index contributed by atoms with van der Waals surface area (Å²) in [7, 11) is -2.31. The molecule has 0 bridgehead atoms. The highest BCUT2D eigenvalue weighted by atomic mass is 35.5. The molecule has 0 saturated heterocycles. The number of halogens is 2. The number of nitrogens with zero attached hydrogens (tertiary/aromatic N) is 3. The van der Waals surface area contributed by atoms with Crippen LogP contribution in [-0.4, -0.2) is 35.0 Å². The molecule has 0 amide bonds. The average molecular weight is 321 g/mol. The minimum Gasteiger partial charge on any atom is -0.262 e. The molecule has 9 heteroatoms. The van der Waals surface area contributed by atoms with Gasteiger partial charge in [0.25, 0.3) is 0 Å². The molecular weight excluding hydrogens is 311 g/mol. The van der Waals surface area contributed by atoms with Crippen LogP contribution in [0.2, 0.25) is 10.0 Å². The van der Waals surface area contributed by atoms with Crippen molar-refractivity contribution in [3.05, 3.63) is 40.4 Å². The Labute approximate surface area is 120 Å². The first-order chi connectivity index (χ1) is 8.91. The summed E-state index contributed by atoms with van der Waals surface area (Å²) >= 11 is 11.7. The highest BCUT2D eigenvalue weighted by Gasteiger charge is 2.24. The van der Waals surface area contributed by atoms with E-state index in [1.54, 1.807) is 0 Å². The third-order valence-electron chi connectivity index (χ3n) is 2.42. The largest absolute Gasteiger partial charge is 0.262 e. The fourth-order valence-corrected chi connectivity index (χ4v) is 3.31. The Bertz CT molecular complexity index is 673. The number of rotatable bonds is 4. The lowest BCUT2D eigenvalue weighted by atomic mass is 10.4. The van der Waals surface area contributed by atoms with Crippen molar-refractivity contribution in [3.8, 4) is 0 Å². The molecule has 0 atom stereocenters. The molecule has 2 aromatic rings. The van der Waals surface area contributed by atoms with Gasteiger partial charge in [-0.2, -0.15) is 9.40 Å². The molecule has 0 aliphatic heterocycles. The van der Waals surface area contributed by atoms with E-state index in [9.17, 15) is 8.42 Å². The second kappa shape index (κ2) is 5.46. The number of aromatic amines is 1. The molecule has 1 aromatic carbocycles. The van der Waals surface area contributed by atoms with Gasteiger partial charge in [0.2, 0.25) is 10.0 Å². The van der Waals surface area contributed by atoms with Crippen LogP contribution >= 0.6 is 23.2 Å². The molecule has 0 radical (unpaired) electrons. The summed E-state index contributed by atoms with van der Waals surface area (Å²) in [5.41, 5.74) is 0. The lowest BCUT2D eigenvalue weighted by Crippen LogP contribution is -2.27. The normalized spacial score (nSPS) is 12.0. The van der Waals surface area contributed by atoms with Crippen molar-refractivity contribution < 1.29 is 8.42 Å². The van der Waals surface area contributed by atoms with Gasteiger partial charge in [-0.3, -0.25) is 5.10 Å². The molecule has 0 fully saturated rings. The zero-order valence-electron chi connectivity index (χ0n) is 9.84. The number of hydrogen-bond acceptors (Lipinski definition) is 4. The average Bonchev–Trinajstić information content (AvgIpc) is 2.85. The van der Waals surface area contributed by atoms with E-state index in [0.29, 0.717) is 10.8 Å². The smallest absolute Gasteiger partial charge is 0.244 e. The summed E-state index contributed by atoms with van der Waals surface area (Å²) in [6, 6.07) is 4.29. The third kappa shape index (κ3) is 3.06. The van der Waals surface area contributed by atoms with Crippen LogP contribution in [0.4, 0.5) is 0 Å². The van der Waals surface area contributed by atoms with Crippen LogP contribution in [0, 0.1) is 0 Å². The van der Waals surface area contributed by atoms with E-state index < -0.39 is 10.0 Å². The predicted octanol–water partition coefficient (Wildman–Crippen LogP) is 1.93. The summed E-state index contributed by atoms with van der Waals surface area (Å²) in [4.78, 5) is 3.83. The van der Waals surface area contributed by atoms with Gasteiger partial charge in [0.1, 0.15) is 17.0 Å². The van der Waals surface area contributed by atoms with Gasteiger partial charge in [0.05, 0.1) is 11.6 Å². The summed E-state index contributed by atoms with van der Waals surface area (Å²) in [6.07, 6.45) is 1.31. The molecule has 0 aliphatic rings. The van der Waals surface area contributed by atoms with Gasteiger partial charge in [-0.05, 0) is 18.2 Å². The van der Waals surface area contributed by atoms with Gasteiger partial charge in [0.15, 0.2) is 0 Å². The maximum atomic E-state index is 12.4. The van der Waals surface area contributed by atoms with Gasteiger partial charge < -0.3 is 0 Å². The van der Waals surface area contributed by atoms with E-state index >= 15 is 0 Å². The Balaban J connectivity index is 2.33. The number of benzene rings is 1. The summed E-state index contributed by atoms with van der Waals surface area (Å²) in [5, 5.41) is 6.67. The molecule has 2 rings (SSSR count). The molecule has 1 heterocycles. The van der Waals surface area contributed by atoms with Crippen molar-refractivity contribution in [2.45, 2.75) is 11.4 Å². The van der Waals surface area contributed by atoms with Crippen molar-refractivity contribution >= 4 is 33.2 Å². The molecule has 0 saturated carbocycles. The Morgan fingerprint density at radius 2 is 2.11 bits per heavy atom. The minimum atomic E-state index is -3.74. The highest BCUT2D eigenvalue weighted by Crippen LogP contribution is 2.27. The standard InChI is InChI=1S/C10H10Cl2N4O2S/c1-16(5-10-13-6-14-15-10)19(17,18)9-4-7(11)2-3-8(9)12/h2-4,6H,5H2,1H3,(H,13,14,15). The van der Waals surface area contributed by atoms with Crippen molar-refractivity contribution in [1.82, 2.24) is 19.5 Å². The Morgan fingerprint density at radius 1 is 1.37 bits per heavy atom. The Kier molecular flexibility index (Phi) is 4.10. The van der Waals surface area contributed by atoms with E-state index in [2.05, 4.69) is 15.2 Å². The first-order valence-corrected chi connectivity index (χ1v) is 7.36. The van der Waals surface area contributed by atoms with Crippen LogP contribution < -0.4 is 0 Å². The molecule has 19 heavy (non-hydrogen) atoms. The van der Waals surface area contributed by atoms with Crippen molar-refractivity contribution in [2.75, 3.05) is 7.05 Å². The second-order valence-corrected chi connectivity index (χ2v) is 6.62. The maximum absolute atomic E-state index is 12.4. The van der Waals surface area contributed by atoms with Crippen LogP contribution in [-0.2, 0) is 16.6 Å². The fourth-order valence-electron chi connectivity index (χ4n) is 1.45. The van der Waals surface area contributed by atoms with Gasteiger partial charge in [-0.25, -0.2) is 13.4 Å². The number of nitrogens with one attached hydrogen (secondary N) is 1. The molecule has 0 unspecified atom stereocenters. The molecule has 6 nitrogen and oxygen atoms in total. The Morgan fingerprint density at radius 3 is 2.74 bits per heavy atom. The maximum Gasteiger partial charge on any atom is 0.244 e. The molecular formula is C10H10Cl2N4O2S. The molecule has 0 aliphatic carbocycles. The van der Waals surface area contributed by atoms with Gasteiger partial charge in [-0.1, -0.05) is 23.2 Å². The number of aromatic nitrogens is 3. The van der Waals surface area contributed by atoms with Crippen LogP contribution in [0.25, 0.3) is 0 Å². The lowest BCUT2D eigenvalue weighted by molar-refractivity contribution is 0.457. The van der Waals surface area contributed by atoms with E-state index in [4.69, 9.17) is 23.2 Å². The monoisotopic (exact) mass is 320 g/mol. The van der Waals surface area contributed by atoms with E-state index in [1.807, 2.05) is 0 Å². The molecule has 1 N–H and O–H groups in total. The lowest BCUT2D eigenvalue weighted by Gasteiger charge is -2.16. The molecule has 1 aromatic heterocycles. The van der Waals surface area contributed by atoms with Crippen molar-refractivity contribution in [3.63, 3.8) is 0 Å². The zero-order chi connectivity index (χ0) is 14.0. The first kappa shape index (κ1) is 14.3. The van der Waals surface area contributed by atoms with Gasteiger partial charge in [0, 0.05) is 12.1 Å². The minimum absolute atomic E-state index is 0.0383. The zero-order valence-corrected chi connectivity index (χ0v) is 12.2. The number of hydrogen-bond donors (Lipinski definition) is 1. The SMILES string of the molecule is CN(Cc1ncn[nH]1)S(=O)(=O)c1cc(Cl)ccc1Cl. The number of H-pyrrole nitrogens is 1. The summed E-state index contributed by atoms with van der Waals surface area (Å²) in [5.74, 6) is 0.434. The van der Waals surface area contributed by atoms with Crippen LogP contribution in [0.1, 0.15) is 5.82 Å². The predicted molar refractivity (Wildman–Crippen MR) is 71.5 cm³/mol. The van der Waals surface area contributed by atoms with Crippen LogP contribution in [0.5, 0.6) is 0 Å². The van der Waals surface area contributed by atoms with E-state index in [-0.39, 0.29) is 16.5 Å². The van der Waals surface area contributed by atoms with E-state index in [1.165, 1.54) is 31.6 Å². The van der Waals surface area contributed by atoms with Crippen molar-refractivity contribution in [2.24, 2.45) is 0 Å². The Hall–Kier alpha value is -1.15. The van der Waals surface area contributed by atoms with Gasteiger partial charge in [-0.15, -0.1) is 0 Å². The number of sulfonamides is 1. The summed E-state index contributed by atoms with van der Waals surface area (Å²) in [6.45, 7) is 0.0607. The van der Waals surface area contributed by atoms with Gasteiger partial charge >= 0.3 is 0 Å². The highest BCUT2D eigenvalue weighted by molar-refractivity contribution is 7.89. The first-order valence-electron chi connectivity index (χ1n) is 5.17. The van der Waals surface area contributed by atoms with Crippen molar-refractivity contribution in [1.29, 1.82) is 0 Å². The third-order valence-corrected chi connectivity index (χ3v) is 4.94. The molecule has 102 valence electrons. The van der Waals surface area contributed by atoms with Crippen LogP contribution in [0.3, 0.4) is 0 Å². The van der Waals surface area contributed by atoms with E-state index in [0.717, 1.165) is 4.31 Å². The quantitative estimate of drug-likeness (QED) is 0.933. The van der Waals surface area contributed by atoms with Crippen LogP contribution in [0.15, 0.2) is 29.4 Å². The molecule has 0 spiro atoms. The second-order valence-electron chi connectivity index (χ2n) is 3.77. The topological polar surface area (TPSA) is 79.0 Å².